The summed E-state index contributed by atoms with van der Waals surface area (Å²) in [5, 5.41) is 0. The second kappa shape index (κ2) is 3.08. The van der Waals surface area contributed by atoms with Crippen molar-refractivity contribution in [3.63, 3.8) is 0 Å². The highest BCUT2D eigenvalue weighted by molar-refractivity contribution is 4.81. The van der Waals surface area contributed by atoms with E-state index in [1.54, 1.807) is 0 Å². The summed E-state index contributed by atoms with van der Waals surface area (Å²) in [5.74, 6) is -1.50. The zero-order valence-electron chi connectivity index (χ0n) is 7.24. The second-order valence-corrected chi connectivity index (χ2v) is 4.09. The van der Waals surface area contributed by atoms with Crippen molar-refractivity contribution < 1.29 is 8.78 Å². The van der Waals surface area contributed by atoms with Gasteiger partial charge in [-0.1, -0.05) is 13.8 Å². The van der Waals surface area contributed by atoms with Crippen molar-refractivity contribution in [2.45, 2.75) is 45.5 Å². The van der Waals surface area contributed by atoms with E-state index in [-0.39, 0.29) is 18.8 Å². The van der Waals surface area contributed by atoms with Gasteiger partial charge in [-0.2, -0.15) is 0 Å². The molecule has 0 nitrogen and oxygen atoms in total. The van der Waals surface area contributed by atoms with Crippen LogP contribution in [0.25, 0.3) is 0 Å². The molecule has 0 aromatic heterocycles. The number of hydrogen-bond acceptors (Lipinski definition) is 0. The summed E-state index contributed by atoms with van der Waals surface area (Å²) in [7, 11) is 0. The Morgan fingerprint density at radius 2 is 2.09 bits per heavy atom. The van der Waals surface area contributed by atoms with E-state index in [9.17, 15) is 8.78 Å². The molecule has 1 rings (SSSR count). The van der Waals surface area contributed by atoms with Crippen LogP contribution in [0.4, 0.5) is 8.78 Å². The summed E-state index contributed by atoms with van der Waals surface area (Å²) in [6.45, 7) is 4.19. The van der Waals surface area contributed by atoms with Gasteiger partial charge in [0.2, 0.25) is 5.92 Å². The molecule has 1 saturated carbocycles. The van der Waals surface area contributed by atoms with Crippen LogP contribution in [0.1, 0.15) is 39.5 Å². The smallest absolute Gasteiger partial charge is 0.207 e. The van der Waals surface area contributed by atoms with Gasteiger partial charge in [-0.25, -0.2) is 8.78 Å². The van der Waals surface area contributed by atoms with E-state index in [1.165, 1.54) is 0 Å². The average Bonchev–Trinajstić information content (AvgIpc) is 2.08. The molecule has 0 aromatic rings. The van der Waals surface area contributed by atoms with Crippen molar-refractivity contribution >= 4 is 0 Å². The summed E-state index contributed by atoms with van der Waals surface area (Å²) in [6, 6.07) is 0. The van der Waals surface area contributed by atoms with Crippen molar-refractivity contribution in [3.8, 4) is 0 Å². The molecular formula is C9H16F2. The highest BCUT2D eigenvalue weighted by atomic mass is 19.3. The summed E-state index contributed by atoms with van der Waals surface area (Å²) in [5.41, 5.74) is 0. The highest BCUT2D eigenvalue weighted by Crippen LogP contribution is 2.41. The molecule has 1 atom stereocenters. The molecular weight excluding hydrogens is 146 g/mol. The first-order valence-corrected chi connectivity index (χ1v) is 4.37. The fourth-order valence-electron chi connectivity index (χ4n) is 1.91. The largest absolute Gasteiger partial charge is 0.248 e. The lowest BCUT2D eigenvalue weighted by atomic mass is 9.96. The Bertz CT molecular complexity index is 130. The molecule has 0 aromatic carbocycles. The van der Waals surface area contributed by atoms with Gasteiger partial charge in [0.05, 0.1) is 0 Å². The summed E-state index contributed by atoms with van der Waals surface area (Å²) >= 11 is 0. The molecule has 1 aliphatic carbocycles. The van der Waals surface area contributed by atoms with Gasteiger partial charge in [-0.15, -0.1) is 0 Å². The molecule has 0 N–H and O–H groups in total. The van der Waals surface area contributed by atoms with Crippen LogP contribution >= 0.6 is 0 Å². The van der Waals surface area contributed by atoms with Gasteiger partial charge >= 0.3 is 0 Å². The molecule has 66 valence electrons. The fourth-order valence-corrected chi connectivity index (χ4v) is 1.91. The van der Waals surface area contributed by atoms with E-state index >= 15 is 0 Å². The van der Waals surface area contributed by atoms with Gasteiger partial charge in [0.25, 0.3) is 0 Å². The Labute approximate surface area is 67.0 Å². The van der Waals surface area contributed by atoms with Gasteiger partial charge in [-0.05, 0) is 24.7 Å². The Morgan fingerprint density at radius 3 is 2.45 bits per heavy atom. The van der Waals surface area contributed by atoms with Crippen LogP contribution < -0.4 is 0 Å². The molecule has 0 aliphatic heterocycles. The topological polar surface area (TPSA) is 0 Å². The number of rotatable bonds is 2. The maximum atomic E-state index is 12.6. The van der Waals surface area contributed by atoms with Gasteiger partial charge in [0.1, 0.15) is 0 Å². The van der Waals surface area contributed by atoms with E-state index in [0.717, 1.165) is 12.8 Å². The molecule has 0 amide bonds. The third kappa shape index (κ3) is 2.76. The predicted molar refractivity (Wildman–Crippen MR) is 41.7 cm³/mol. The minimum absolute atomic E-state index is 0.115. The van der Waals surface area contributed by atoms with Crippen LogP contribution in [-0.4, -0.2) is 5.92 Å². The predicted octanol–water partition coefficient (Wildman–Crippen LogP) is 3.47. The van der Waals surface area contributed by atoms with Crippen molar-refractivity contribution in [2.75, 3.05) is 0 Å². The number of halogens is 2. The van der Waals surface area contributed by atoms with Gasteiger partial charge in [0.15, 0.2) is 0 Å². The fraction of sp³-hybridized carbons (Fsp3) is 1.00. The van der Waals surface area contributed by atoms with Gasteiger partial charge in [0, 0.05) is 12.8 Å². The van der Waals surface area contributed by atoms with Crippen molar-refractivity contribution in [2.24, 2.45) is 11.8 Å². The maximum Gasteiger partial charge on any atom is 0.248 e. The third-order valence-electron chi connectivity index (χ3n) is 2.31. The standard InChI is InChI=1S/C9H16F2/c1-7(2)5-8-3-4-9(10,11)6-8/h7-8H,3-6H2,1-2H3/t8-/m1/s1. The second-order valence-electron chi connectivity index (χ2n) is 4.09. The lowest BCUT2D eigenvalue weighted by Gasteiger charge is -2.12. The van der Waals surface area contributed by atoms with E-state index in [0.29, 0.717) is 5.92 Å². The SMILES string of the molecule is CC(C)C[C@H]1CCC(F)(F)C1. The van der Waals surface area contributed by atoms with E-state index < -0.39 is 5.92 Å². The molecule has 1 fully saturated rings. The Morgan fingerprint density at radius 1 is 1.45 bits per heavy atom. The van der Waals surface area contributed by atoms with Crippen LogP contribution in [0.5, 0.6) is 0 Å². The average molecular weight is 162 g/mol. The molecule has 11 heavy (non-hydrogen) atoms. The molecule has 0 saturated heterocycles. The Kier molecular flexibility index (Phi) is 2.50. The first-order valence-electron chi connectivity index (χ1n) is 4.37. The van der Waals surface area contributed by atoms with E-state index in [2.05, 4.69) is 13.8 Å². The van der Waals surface area contributed by atoms with Crippen LogP contribution in [0.2, 0.25) is 0 Å². The highest BCUT2D eigenvalue weighted by Gasteiger charge is 2.39. The Balaban J connectivity index is 2.31. The summed E-state index contributed by atoms with van der Waals surface area (Å²) < 4.78 is 25.3. The summed E-state index contributed by atoms with van der Waals surface area (Å²) in [6.07, 6.45) is 1.94. The van der Waals surface area contributed by atoms with Crippen LogP contribution in [0, 0.1) is 11.8 Å². The molecule has 2 heteroatoms. The van der Waals surface area contributed by atoms with Crippen LogP contribution in [-0.2, 0) is 0 Å². The maximum absolute atomic E-state index is 12.6. The van der Waals surface area contributed by atoms with Gasteiger partial charge in [-0.3, -0.25) is 0 Å². The number of alkyl halides is 2. The van der Waals surface area contributed by atoms with E-state index in [1.807, 2.05) is 0 Å². The van der Waals surface area contributed by atoms with Crippen molar-refractivity contribution in [1.29, 1.82) is 0 Å². The van der Waals surface area contributed by atoms with Gasteiger partial charge < -0.3 is 0 Å². The lowest BCUT2D eigenvalue weighted by Crippen LogP contribution is -2.10. The monoisotopic (exact) mass is 162 g/mol. The molecule has 0 spiro atoms. The quantitative estimate of drug-likeness (QED) is 0.583. The van der Waals surface area contributed by atoms with Crippen molar-refractivity contribution in [3.05, 3.63) is 0 Å². The zero-order chi connectivity index (χ0) is 8.48. The lowest BCUT2D eigenvalue weighted by molar-refractivity contribution is 0.00426. The van der Waals surface area contributed by atoms with Crippen molar-refractivity contribution in [1.82, 2.24) is 0 Å². The van der Waals surface area contributed by atoms with Crippen LogP contribution in [0.3, 0.4) is 0 Å². The molecule has 0 bridgehead atoms. The first-order chi connectivity index (χ1) is 4.99. The molecule has 0 unspecified atom stereocenters. The Hall–Kier alpha value is -0.140. The molecule has 1 aliphatic rings. The molecule has 0 heterocycles. The minimum atomic E-state index is -2.35. The third-order valence-corrected chi connectivity index (χ3v) is 2.31. The molecule has 0 radical (unpaired) electrons. The zero-order valence-corrected chi connectivity index (χ0v) is 7.24. The first kappa shape index (κ1) is 8.95. The summed E-state index contributed by atoms with van der Waals surface area (Å²) in [4.78, 5) is 0. The van der Waals surface area contributed by atoms with Crippen LogP contribution in [0.15, 0.2) is 0 Å². The van der Waals surface area contributed by atoms with E-state index in [4.69, 9.17) is 0 Å². The minimum Gasteiger partial charge on any atom is -0.207 e. The normalized spacial score (nSPS) is 29.7. The number of hydrogen-bond donors (Lipinski definition) is 0.